The van der Waals surface area contributed by atoms with Crippen LogP contribution in [0.2, 0.25) is 0 Å². The molecule has 69 heavy (non-hydrogen) atoms. The third-order valence-corrected chi connectivity index (χ3v) is 15.2. The van der Waals surface area contributed by atoms with E-state index in [2.05, 4.69) is 30.9 Å². The zero-order valence-electron chi connectivity index (χ0n) is 39.9. The van der Waals surface area contributed by atoms with Gasteiger partial charge in [-0.15, -0.1) is 18.3 Å². The highest BCUT2D eigenvalue weighted by Gasteiger charge is 2.65. The molecule has 2 fully saturated rings. The lowest BCUT2D eigenvalue weighted by atomic mass is 9.55. The van der Waals surface area contributed by atoms with E-state index in [1.807, 2.05) is 35.2 Å². The molecule has 0 radical (unpaired) electrons. The summed E-state index contributed by atoms with van der Waals surface area (Å²) in [6.45, 7) is 5.26. The number of thioether (sulfide) groups is 1. The van der Waals surface area contributed by atoms with Gasteiger partial charge in [0.25, 0.3) is 5.69 Å². The molecule has 0 bridgehead atoms. The Morgan fingerprint density at radius 1 is 0.942 bits per heavy atom. The van der Waals surface area contributed by atoms with E-state index in [4.69, 9.17) is 28.9 Å². The normalized spacial score (nSPS) is 23.4. The van der Waals surface area contributed by atoms with Gasteiger partial charge in [-0.3, -0.25) is 14.9 Å². The first-order valence-electron chi connectivity index (χ1n) is 25.0. The highest BCUT2D eigenvalue weighted by Crippen LogP contribution is 2.62. The van der Waals surface area contributed by atoms with Crippen LogP contribution >= 0.6 is 11.8 Å². The Bertz CT molecular complexity index is 2170. The minimum absolute atomic E-state index is 0.0203. The molecular formula is C54H71N3O11S. The molecule has 0 saturated heterocycles. The van der Waals surface area contributed by atoms with Gasteiger partial charge in [-0.05, 0) is 103 Å². The zero-order chi connectivity index (χ0) is 48.4. The Balaban J connectivity index is 1.36. The number of ether oxygens (including phenoxy) is 4. The predicted octanol–water partition coefficient (Wildman–Crippen LogP) is 9.41. The number of nitrogens with zero attached hydrogens (tertiary/aromatic N) is 3. The molecule has 1 aliphatic heterocycles. The number of oxime groups is 1. The topological polar surface area (TPSA) is 183 Å². The predicted molar refractivity (Wildman–Crippen MR) is 266 cm³/mol. The van der Waals surface area contributed by atoms with Crippen LogP contribution in [0.4, 0.5) is 5.69 Å². The molecule has 3 N–H and O–H groups in total. The summed E-state index contributed by atoms with van der Waals surface area (Å²) in [4.78, 5) is 35.3. The van der Waals surface area contributed by atoms with Crippen LogP contribution in [-0.4, -0.2) is 107 Å². The summed E-state index contributed by atoms with van der Waals surface area (Å²) in [7, 11) is 0. The zero-order valence-corrected chi connectivity index (χ0v) is 40.7. The lowest BCUT2D eigenvalue weighted by molar-refractivity contribution is -0.384. The molecule has 374 valence electrons. The molecule has 1 heterocycles. The third-order valence-electron chi connectivity index (χ3n) is 14.2. The van der Waals surface area contributed by atoms with Crippen LogP contribution in [0.3, 0.4) is 0 Å². The van der Waals surface area contributed by atoms with Crippen molar-refractivity contribution < 1.29 is 48.8 Å². The van der Waals surface area contributed by atoms with Crippen molar-refractivity contribution in [1.29, 1.82) is 0 Å². The van der Waals surface area contributed by atoms with E-state index in [9.17, 15) is 25.4 Å². The number of hydrogen-bond donors (Lipinski definition) is 3. The molecule has 14 nitrogen and oxygen atoms in total. The fourth-order valence-corrected chi connectivity index (χ4v) is 11.8. The van der Waals surface area contributed by atoms with Gasteiger partial charge in [0.05, 0.1) is 49.6 Å². The third kappa shape index (κ3) is 13.4. The lowest BCUT2D eigenvalue weighted by Crippen LogP contribution is -2.70. The number of unbranched alkanes of at least 4 members (excludes halogenated alkanes) is 2. The molecule has 0 spiro atoms. The smallest absolute Gasteiger partial charge is 0.269 e. The summed E-state index contributed by atoms with van der Waals surface area (Å²) >= 11 is 1.73. The standard InChI is InChI=1S/C54H71N3O11S/c1-2-30-66-54-50(56(26-31-64-32-29-60)51(61)25-20-39-12-6-7-13-39)37-48(55-67-38-40-18-21-42(22-19-40)57(62)63)46-35-41(14-8-10-27-58)45(17-9-11-28-59)52(53(46)54)47-36-43(23-24-49(47)68-54)65-33-34-69-44-15-4-3-5-16-44/h2-5,15-16,18-19,21-24,35-36,39,41,45,50,52-53,58-60H,1,6-14,17,20,25-34,37-38H2/t41-,45+,50-,52+,53+,54+/m0/s1. The Morgan fingerprint density at radius 2 is 1.71 bits per heavy atom. The highest BCUT2D eigenvalue weighted by molar-refractivity contribution is 7.99. The van der Waals surface area contributed by atoms with Crippen molar-refractivity contribution >= 4 is 29.1 Å². The van der Waals surface area contributed by atoms with E-state index in [-0.39, 0.29) is 88.6 Å². The van der Waals surface area contributed by atoms with Crippen LogP contribution in [0.1, 0.15) is 101 Å². The molecular weight excluding hydrogens is 899 g/mol. The van der Waals surface area contributed by atoms with E-state index in [1.54, 1.807) is 30.0 Å². The number of hydrogen-bond acceptors (Lipinski definition) is 13. The lowest BCUT2D eigenvalue weighted by Gasteiger charge is -2.60. The molecule has 3 aromatic carbocycles. The number of nitro benzene ring substituents is 1. The first kappa shape index (κ1) is 52.1. The number of non-ortho nitro benzene ring substituents is 1. The van der Waals surface area contributed by atoms with E-state index in [1.165, 1.54) is 29.9 Å². The fourth-order valence-electron chi connectivity index (χ4n) is 11.0. The first-order valence-corrected chi connectivity index (χ1v) is 26.0. The molecule has 0 aromatic heterocycles. The maximum absolute atomic E-state index is 15.0. The van der Waals surface area contributed by atoms with Gasteiger partial charge < -0.3 is 44.0 Å². The van der Waals surface area contributed by atoms with Crippen molar-refractivity contribution in [2.24, 2.45) is 28.8 Å². The number of nitro groups is 1. The number of benzene rings is 3. The first-order chi connectivity index (χ1) is 33.8. The van der Waals surface area contributed by atoms with Gasteiger partial charge in [-0.1, -0.05) is 74.0 Å². The highest BCUT2D eigenvalue weighted by atomic mass is 32.2. The number of aliphatic hydroxyl groups is 3. The number of carbonyl (C=O) groups excluding carboxylic acids is 1. The van der Waals surface area contributed by atoms with Crippen molar-refractivity contribution in [2.45, 2.75) is 113 Å². The van der Waals surface area contributed by atoms with Crippen LogP contribution in [-0.2, 0) is 25.7 Å². The average molecular weight is 970 g/mol. The quantitative estimate of drug-likeness (QED) is 0.0197. The fraction of sp³-hybridized carbons (Fsp3) is 0.556. The molecule has 7 rings (SSSR count). The van der Waals surface area contributed by atoms with Gasteiger partial charge in [0.1, 0.15) is 24.1 Å². The largest absolute Gasteiger partial charge is 0.493 e. The summed E-state index contributed by atoms with van der Waals surface area (Å²) in [5.41, 5.74) is 3.21. The van der Waals surface area contributed by atoms with Crippen molar-refractivity contribution in [3.05, 3.63) is 118 Å². The van der Waals surface area contributed by atoms with Crippen molar-refractivity contribution in [1.82, 2.24) is 4.90 Å². The summed E-state index contributed by atoms with van der Waals surface area (Å²) in [6, 6.07) is 21.7. The van der Waals surface area contributed by atoms with E-state index >= 15 is 4.79 Å². The van der Waals surface area contributed by atoms with Gasteiger partial charge in [-0.2, -0.15) is 0 Å². The molecule has 6 atom stereocenters. The second-order valence-electron chi connectivity index (χ2n) is 18.6. The number of allylic oxidation sites excluding steroid dienone is 1. The van der Waals surface area contributed by atoms with Crippen LogP contribution in [0.5, 0.6) is 11.5 Å². The SMILES string of the molecule is C=CCO[C@@]12Oc3ccc(OCCSc4ccccc4)cc3[C@H]3[C@H](CCCCO)[C@@H](CCCCO)C=C(C(=NOCc4ccc([N+](=O)[O-])cc4)C[C@@H]1N(CCOCCO)C(=O)CCC1CCCC1)[C@H]32. The summed E-state index contributed by atoms with van der Waals surface area (Å²) in [5.74, 6) is 0.433. The maximum atomic E-state index is 15.0. The second-order valence-corrected chi connectivity index (χ2v) is 19.8. The number of carbonyl (C=O) groups is 1. The minimum Gasteiger partial charge on any atom is -0.493 e. The number of rotatable bonds is 29. The van der Waals surface area contributed by atoms with E-state index < -0.39 is 22.7 Å². The van der Waals surface area contributed by atoms with Gasteiger partial charge in [0.2, 0.25) is 11.7 Å². The molecule has 3 aromatic rings. The number of amides is 1. The van der Waals surface area contributed by atoms with E-state index in [0.29, 0.717) is 54.6 Å². The van der Waals surface area contributed by atoms with Crippen LogP contribution < -0.4 is 9.47 Å². The number of fused-ring (bicyclic) bond motifs is 2. The molecule has 15 heteroatoms. The average Bonchev–Trinajstić information content (AvgIpc) is 3.90. The molecule has 0 unspecified atom stereocenters. The molecule has 3 aliphatic carbocycles. The maximum Gasteiger partial charge on any atom is 0.269 e. The summed E-state index contributed by atoms with van der Waals surface area (Å²) < 4.78 is 27.0. The van der Waals surface area contributed by atoms with Crippen LogP contribution in [0, 0.1) is 33.8 Å². The van der Waals surface area contributed by atoms with Gasteiger partial charge in [-0.25, -0.2) is 0 Å². The van der Waals surface area contributed by atoms with Crippen molar-refractivity contribution in [3.8, 4) is 11.5 Å². The van der Waals surface area contributed by atoms with Gasteiger partial charge in [0.15, 0.2) is 0 Å². The Hall–Kier alpha value is -4.77. The Kier molecular flexibility index (Phi) is 20.0. The second kappa shape index (κ2) is 26.4. The Labute approximate surface area is 411 Å². The Morgan fingerprint density at radius 3 is 2.43 bits per heavy atom. The molecule has 1 amide bonds. The molecule has 2 saturated carbocycles. The summed E-state index contributed by atoms with van der Waals surface area (Å²) in [6.07, 6.45) is 14.4. The number of aliphatic hydroxyl groups excluding tert-OH is 3. The van der Waals surface area contributed by atoms with Crippen LogP contribution in [0.25, 0.3) is 0 Å². The summed E-state index contributed by atoms with van der Waals surface area (Å²) in [5, 5.41) is 46.1. The van der Waals surface area contributed by atoms with Crippen LogP contribution in [0.15, 0.2) is 107 Å². The van der Waals surface area contributed by atoms with Gasteiger partial charge in [0, 0.05) is 66.9 Å². The monoisotopic (exact) mass is 969 g/mol. The van der Waals surface area contributed by atoms with Crippen molar-refractivity contribution in [3.63, 3.8) is 0 Å². The van der Waals surface area contributed by atoms with Crippen molar-refractivity contribution in [2.75, 3.05) is 58.5 Å². The van der Waals surface area contributed by atoms with E-state index in [0.717, 1.165) is 61.8 Å². The molecule has 4 aliphatic rings. The van der Waals surface area contributed by atoms with Gasteiger partial charge >= 0.3 is 0 Å². The minimum atomic E-state index is -1.44.